The molecule has 2 nitrogen and oxygen atoms in total. The lowest BCUT2D eigenvalue weighted by molar-refractivity contribution is 0.344. The van der Waals surface area contributed by atoms with E-state index < -0.39 is 0 Å². The monoisotopic (exact) mass is 753 g/mol. The van der Waals surface area contributed by atoms with Gasteiger partial charge in [-0.25, -0.2) is 0 Å². The zero-order valence-electron chi connectivity index (χ0n) is 38.3. The summed E-state index contributed by atoms with van der Waals surface area (Å²) in [6, 6.07) is 13.2. The van der Waals surface area contributed by atoms with Crippen molar-refractivity contribution in [3.63, 3.8) is 0 Å². The molecule has 0 fully saturated rings. The van der Waals surface area contributed by atoms with Crippen molar-refractivity contribution >= 4 is 22.7 Å². The Balaban J connectivity index is 0.000000347. The smallest absolute Gasteiger partial charge is 0.109 e. The van der Waals surface area contributed by atoms with Gasteiger partial charge in [0, 0.05) is 30.9 Å². The van der Waals surface area contributed by atoms with E-state index in [1.165, 1.54) is 25.8 Å². The zero-order valence-corrected chi connectivity index (χ0v) is 39.9. The minimum Gasteiger partial charge on any atom is -0.468 e. The van der Waals surface area contributed by atoms with Gasteiger partial charge in [0.2, 0.25) is 0 Å². The van der Waals surface area contributed by atoms with Crippen LogP contribution in [0.5, 0.6) is 0 Å². The molecule has 0 bridgehead atoms. The lowest BCUT2D eigenvalue weighted by Gasteiger charge is -2.18. The molecule has 4 aromatic heterocycles. The van der Waals surface area contributed by atoms with Gasteiger partial charge >= 0.3 is 0 Å². The molecule has 52 heavy (non-hydrogen) atoms. The first-order chi connectivity index (χ1) is 22.8. The van der Waals surface area contributed by atoms with Crippen molar-refractivity contribution in [3.05, 3.63) is 91.1 Å². The van der Waals surface area contributed by atoms with Crippen LogP contribution in [0, 0.1) is 0 Å². The van der Waals surface area contributed by atoms with Crippen LogP contribution in [0.4, 0.5) is 0 Å². The van der Waals surface area contributed by atoms with Gasteiger partial charge in [0.05, 0.1) is 6.26 Å². The molecule has 0 aliphatic rings. The Hall–Kier alpha value is -2.04. The van der Waals surface area contributed by atoms with E-state index in [1.807, 2.05) is 28.9 Å². The molecular formula is C48H80O2S2. The fourth-order valence-electron chi connectivity index (χ4n) is 4.53. The summed E-state index contributed by atoms with van der Waals surface area (Å²) in [5.41, 5.74) is 4.46. The molecule has 0 unspecified atom stereocenters. The van der Waals surface area contributed by atoms with Crippen molar-refractivity contribution in [2.75, 3.05) is 0 Å². The maximum atomic E-state index is 5.81. The maximum Gasteiger partial charge on any atom is 0.109 e. The van der Waals surface area contributed by atoms with E-state index in [4.69, 9.17) is 8.83 Å². The molecule has 0 saturated heterocycles. The van der Waals surface area contributed by atoms with E-state index in [-0.39, 0.29) is 21.7 Å². The maximum absolute atomic E-state index is 5.81. The topological polar surface area (TPSA) is 26.3 Å². The predicted octanol–water partition coefficient (Wildman–Crippen LogP) is 16.4. The summed E-state index contributed by atoms with van der Waals surface area (Å²) >= 11 is 3.83. The first kappa shape index (κ1) is 48.0. The molecule has 0 saturated carbocycles. The Morgan fingerprint density at radius 2 is 0.731 bits per heavy atom. The third-order valence-corrected chi connectivity index (χ3v) is 11.9. The minimum atomic E-state index is 0.115. The second kappa shape index (κ2) is 16.8. The van der Waals surface area contributed by atoms with Crippen LogP contribution in [-0.2, 0) is 43.3 Å². The highest BCUT2D eigenvalue weighted by atomic mass is 32.1. The summed E-state index contributed by atoms with van der Waals surface area (Å²) in [6.45, 7) is 53.3. The number of furan rings is 2. The Morgan fingerprint density at radius 1 is 0.365 bits per heavy atom. The Bertz CT molecular complexity index is 1260. The predicted molar refractivity (Wildman–Crippen MR) is 236 cm³/mol. The first-order valence-corrected chi connectivity index (χ1v) is 20.9. The fourth-order valence-corrected chi connectivity index (χ4v) is 6.88. The first-order valence-electron chi connectivity index (χ1n) is 19.2. The number of hydrogen-bond donors (Lipinski definition) is 0. The molecular weight excluding hydrogens is 673 g/mol. The van der Waals surface area contributed by atoms with Gasteiger partial charge in [0.1, 0.15) is 17.3 Å². The second-order valence-corrected chi connectivity index (χ2v) is 24.7. The van der Waals surface area contributed by atoms with Gasteiger partial charge in [-0.05, 0) is 80.0 Å². The molecule has 0 spiro atoms. The lowest BCUT2D eigenvalue weighted by Crippen LogP contribution is -2.11. The van der Waals surface area contributed by atoms with Crippen LogP contribution in [0.3, 0.4) is 0 Å². The highest BCUT2D eigenvalue weighted by molar-refractivity contribution is 7.12. The standard InChI is InChI=1S/2C12H20O.2C12H20S/c1-11(2,3)9-7-10(13-8-9)12(4,5)6;1-11(2,3)9-7-8-10(13-9)12(4,5)6;1-11(2,3)9-7-10(13-8-9)12(4,5)6;1-11(2,3)9-7-8-10(13-9)12(4,5)6/h4*7-8H,1-6H3. The van der Waals surface area contributed by atoms with Crippen LogP contribution in [0.15, 0.2) is 56.9 Å². The van der Waals surface area contributed by atoms with Crippen molar-refractivity contribution in [2.45, 2.75) is 209 Å². The average Bonchev–Trinajstić information content (AvgIpc) is 3.72. The number of rotatable bonds is 0. The van der Waals surface area contributed by atoms with Gasteiger partial charge in [-0.2, -0.15) is 0 Å². The average molecular weight is 753 g/mol. The Kier molecular flexibility index (Phi) is 15.5. The molecule has 0 radical (unpaired) electrons. The zero-order chi connectivity index (χ0) is 41.1. The molecule has 0 N–H and O–H groups in total. The second-order valence-electron chi connectivity index (χ2n) is 22.7. The van der Waals surface area contributed by atoms with Crippen molar-refractivity contribution in [3.8, 4) is 0 Å². The molecule has 4 heteroatoms. The molecule has 0 aliphatic carbocycles. The quantitative estimate of drug-likeness (QED) is 0.179. The van der Waals surface area contributed by atoms with Crippen molar-refractivity contribution in [1.82, 2.24) is 0 Å². The van der Waals surface area contributed by atoms with E-state index >= 15 is 0 Å². The third-order valence-electron chi connectivity index (χ3n) is 8.58. The Morgan fingerprint density at radius 3 is 0.923 bits per heavy atom. The molecule has 4 rings (SSSR count). The van der Waals surface area contributed by atoms with E-state index in [2.05, 4.69) is 208 Å². The van der Waals surface area contributed by atoms with Crippen LogP contribution in [0.1, 0.15) is 209 Å². The summed E-state index contributed by atoms with van der Waals surface area (Å²) in [7, 11) is 0. The minimum absolute atomic E-state index is 0.115. The van der Waals surface area contributed by atoms with Crippen LogP contribution in [-0.4, -0.2) is 0 Å². The summed E-state index contributed by atoms with van der Waals surface area (Å²) in [5, 5.41) is 2.29. The lowest BCUT2D eigenvalue weighted by atomic mass is 9.86. The van der Waals surface area contributed by atoms with Crippen molar-refractivity contribution in [1.29, 1.82) is 0 Å². The van der Waals surface area contributed by atoms with Crippen LogP contribution < -0.4 is 0 Å². The Labute approximate surface area is 330 Å². The van der Waals surface area contributed by atoms with E-state index in [0.29, 0.717) is 21.7 Å². The summed E-state index contributed by atoms with van der Waals surface area (Å²) in [5.74, 6) is 3.20. The summed E-state index contributed by atoms with van der Waals surface area (Å²) < 4.78 is 11.4. The van der Waals surface area contributed by atoms with Crippen LogP contribution >= 0.6 is 22.7 Å². The van der Waals surface area contributed by atoms with Gasteiger partial charge in [-0.3, -0.25) is 0 Å². The van der Waals surface area contributed by atoms with Gasteiger partial charge in [0.25, 0.3) is 0 Å². The van der Waals surface area contributed by atoms with Gasteiger partial charge in [-0.15, -0.1) is 22.7 Å². The van der Waals surface area contributed by atoms with Crippen LogP contribution in [0.25, 0.3) is 0 Å². The molecule has 0 atom stereocenters. The fraction of sp³-hybridized carbons (Fsp3) is 0.667. The SMILES string of the molecule is CC(C)(C)c1ccc(C(C)(C)C)o1.CC(C)(C)c1ccc(C(C)(C)C)s1.CC(C)(C)c1coc(C(C)(C)C)c1.CC(C)(C)c1csc(C(C)(C)C)c1. The number of hydrogen-bond acceptors (Lipinski definition) is 4. The third kappa shape index (κ3) is 15.7. The highest BCUT2D eigenvalue weighted by Gasteiger charge is 2.25. The molecule has 296 valence electrons. The van der Waals surface area contributed by atoms with Crippen LogP contribution in [0.2, 0.25) is 0 Å². The van der Waals surface area contributed by atoms with E-state index in [9.17, 15) is 0 Å². The van der Waals surface area contributed by atoms with Gasteiger partial charge < -0.3 is 8.83 Å². The number of thiophene rings is 2. The molecule has 0 aliphatic heterocycles. The molecule has 4 heterocycles. The van der Waals surface area contributed by atoms with Crippen molar-refractivity contribution in [2.24, 2.45) is 0 Å². The summed E-state index contributed by atoms with van der Waals surface area (Å²) in [4.78, 5) is 4.45. The molecule has 0 aromatic carbocycles. The van der Waals surface area contributed by atoms with E-state index in [1.54, 1.807) is 0 Å². The summed E-state index contributed by atoms with van der Waals surface area (Å²) in [6.07, 6.45) is 1.88. The highest BCUT2D eigenvalue weighted by Crippen LogP contribution is 2.36. The largest absolute Gasteiger partial charge is 0.468 e. The van der Waals surface area contributed by atoms with Crippen molar-refractivity contribution < 1.29 is 8.83 Å². The molecule has 0 amide bonds. The normalized spacial score (nSPS) is 13.4. The van der Waals surface area contributed by atoms with Gasteiger partial charge in [-0.1, -0.05) is 166 Å². The van der Waals surface area contributed by atoms with Gasteiger partial charge in [0.15, 0.2) is 0 Å². The molecule has 4 aromatic rings. The van der Waals surface area contributed by atoms with E-state index in [0.717, 1.165) is 17.3 Å².